The molecule has 2 N–H and O–H groups in total. The highest BCUT2D eigenvalue weighted by atomic mass is 79.9. The number of ether oxygens (including phenoxy) is 1. The van der Waals surface area contributed by atoms with Crippen LogP contribution in [0.4, 0.5) is 4.39 Å². The van der Waals surface area contributed by atoms with Gasteiger partial charge in [-0.3, -0.25) is 0 Å². The van der Waals surface area contributed by atoms with E-state index in [-0.39, 0.29) is 18.5 Å². The van der Waals surface area contributed by atoms with Crippen LogP contribution in [0.3, 0.4) is 0 Å². The van der Waals surface area contributed by atoms with Crippen molar-refractivity contribution < 1.29 is 9.13 Å². The van der Waals surface area contributed by atoms with E-state index in [4.69, 9.17) is 10.5 Å². The average Bonchev–Trinajstić information content (AvgIpc) is 2.49. The molecule has 110 valence electrons. The topological polar surface area (TPSA) is 35.2 Å². The van der Waals surface area contributed by atoms with E-state index < -0.39 is 0 Å². The molecule has 4 heteroatoms. The Morgan fingerprint density at radius 1 is 1.24 bits per heavy atom. The summed E-state index contributed by atoms with van der Waals surface area (Å²) in [6.45, 7) is 0.208. The van der Waals surface area contributed by atoms with E-state index in [1.165, 1.54) is 11.6 Å². The molecule has 0 bridgehead atoms. The van der Waals surface area contributed by atoms with Crippen LogP contribution in [0.5, 0.6) is 5.75 Å². The maximum atomic E-state index is 13.7. The number of fused-ring (bicyclic) bond motifs is 1. The van der Waals surface area contributed by atoms with Gasteiger partial charge in [-0.15, -0.1) is 0 Å². The lowest BCUT2D eigenvalue weighted by atomic mass is 9.88. The molecule has 2 nitrogen and oxygen atoms in total. The molecule has 0 amide bonds. The number of hydrogen-bond acceptors (Lipinski definition) is 2. The van der Waals surface area contributed by atoms with Gasteiger partial charge in [0, 0.05) is 16.1 Å². The molecule has 2 aromatic rings. The van der Waals surface area contributed by atoms with Crippen molar-refractivity contribution in [2.75, 3.05) is 0 Å². The molecule has 1 aliphatic carbocycles. The van der Waals surface area contributed by atoms with Crippen LogP contribution >= 0.6 is 15.9 Å². The SMILES string of the molecule is N[C@@H]1CCCc2ccc(OCc3cc(Br)ccc3F)cc21. The van der Waals surface area contributed by atoms with Gasteiger partial charge in [0.2, 0.25) is 0 Å². The van der Waals surface area contributed by atoms with E-state index in [2.05, 4.69) is 22.0 Å². The van der Waals surface area contributed by atoms with Crippen molar-refractivity contribution in [3.63, 3.8) is 0 Å². The predicted octanol–water partition coefficient (Wildman–Crippen LogP) is 4.50. The molecule has 21 heavy (non-hydrogen) atoms. The zero-order valence-corrected chi connectivity index (χ0v) is 13.2. The first-order chi connectivity index (χ1) is 10.1. The summed E-state index contributed by atoms with van der Waals surface area (Å²) in [5.74, 6) is 0.485. The Kier molecular flexibility index (Phi) is 4.27. The molecule has 0 radical (unpaired) electrons. The first-order valence-corrected chi connectivity index (χ1v) is 7.88. The van der Waals surface area contributed by atoms with Gasteiger partial charge in [0.25, 0.3) is 0 Å². The number of rotatable bonds is 3. The molecule has 0 unspecified atom stereocenters. The van der Waals surface area contributed by atoms with Crippen molar-refractivity contribution in [2.24, 2.45) is 5.73 Å². The molecular weight excluding hydrogens is 333 g/mol. The maximum absolute atomic E-state index is 13.7. The molecule has 0 heterocycles. The quantitative estimate of drug-likeness (QED) is 0.884. The van der Waals surface area contributed by atoms with E-state index in [1.807, 2.05) is 12.1 Å². The van der Waals surface area contributed by atoms with Gasteiger partial charge in [-0.2, -0.15) is 0 Å². The summed E-state index contributed by atoms with van der Waals surface area (Å²) in [6, 6.07) is 10.9. The third kappa shape index (κ3) is 3.27. The van der Waals surface area contributed by atoms with Crippen molar-refractivity contribution in [1.82, 2.24) is 0 Å². The summed E-state index contributed by atoms with van der Waals surface area (Å²) in [5.41, 5.74) is 9.14. The van der Waals surface area contributed by atoms with Crippen LogP contribution in [0.25, 0.3) is 0 Å². The molecule has 0 fully saturated rings. The second-order valence-corrected chi connectivity index (χ2v) is 6.30. The third-order valence-electron chi connectivity index (χ3n) is 3.88. The van der Waals surface area contributed by atoms with E-state index >= 15 is 0 Å². The number of aryl methyl sites for hydroxylation is 1. The van der Waals surface area contributed by atoms with Crippen LogP contribution in [-0.2, 0) is 13.0 Å². The normalized spacial score (nSPS) is 17.4. The van der Waals surface area contributed by atoms with Crippen LogP contribution in [0, 0.1) is 5.82 Å². The largest absolute Gasteiger partial charge is 0.489 e. The van der Waals surface area contributed by atoms with Crippen LogP contribution in [0.1, 0.15) is 35.6 Å². The molecule has 0 saturated carbocycles. The Labute approximate surface area is 132 Å². The summed E-state index contributed by atoms with van der Waals surface area (Å²) in [4.78, 5) is 0. The Morgan fingerprint density at radius 3 is 2.95 bits per heavy atom. The van der Waals surface area contributed by atoms with Crippen molar-refractivity contribution in [1.29, 1.82) is 0 Å². The van der Waals surface area contributed by atoms with Gasteiger partial charge in [-0.05, 0) is 60.7 Å². The minimum Gasteiger partial charge on any atom is -0.489 e. The highest BCUT2D eigenvalue weighted by molar-refractivity contribution is 9.10. The highest BCUT2D eigenvalue weighted by Crippen LogP contribution is 2.31. The Bertz CT molecular complexity index is 659. The van der Waals surface area contributed by atoms with Gasteiger partial charge in [-0.1, -0.05) is 22.0 Å². The molecule has 1 atom stereocenters. The molecule has 1 aliphatic rings. The zero-order chi connectivity index (χ0) is 14.8. The van der Waals surface area contributed by atoms with E-state index in [0.717, 1.165) is 35.0 Å². The average molecular weight is 350 g/mol. The molecule has 3 rings (SSSR count). The van der Waals surface area contributed by atoms with E-state index in [0.29, 0.717) is 5.56 Å². The first kappa shape index (κ1) is 14.5. The molecule has 0 saturated heterocycles. The van der Waals surface area contributed by atoms with Crippen LogP contribution in [-0.4, -0.2) is 0 Å². The Hall–Kier alpha value is -1.39. The standard InChI is InChI=1S/C17H17BrFNO/c18-13-5-7-16(19)12(8-13)10-21-14-6-4-11-2-1-3-17(20)15(11)9-14/h4-9,17H,1-3,10,20H2/t17-/m1/s1. The van der Waals surface area contributed by atoms with Crippen molar-refractivity contribution in [2.45, 2.75) is 31.9 Å². The third-order valence-corrected chi connectivity index (χ3v) is 4.37. The van der Waals surface area contributed by atoms with Crippen molar-refractivity contribution in [3.05, 3.63) is 63.4 Å². The van der Waals surface area contributed by atoms with Crippen molar-refractivity contribution in [3.8, 4) is 5.75 Å². The van der Waals surface area contributed by atoms with E-state index in [9.17, 15) is 4.39 Å². The second kappa shape index (κ2) is 6.16. The minimum atomic E-state index is -0.257. The number of hydrogen-bond donors (Lipinski definition) is 1. The Balaban J connectivity index is 1.76. The second-order valence-electron chi connectivity index (χ2n) is 5.38. The number of nitrogens with two attached hydrogens (primary N) is 1. The summed E-state index contributed by atoms with van der Waals surface area (Å²) >= 11 is 3.34. The van der Waals surface area contributed by atoms with Crippen LogP contribution in [0.2, 0.25) is 0 Å². The fourth-order valence-electron chi connectivity index (χ4n) is 2.72. The monoisotopic (exact) mass is 349 g/mol. The Morgan fingerprint density at radius 2 is 2.10 bits per heavy atom. The lowest BCUT2D eigenvalue weighted by Gasteiger charge is -2.22. The molecule has 0 spiro atoms. The first-order valence-electron chi connectivity index (χ1n) is 7.08. The molecule has 2 aromatic carbocycles. The summed E-state index contributed by atoms with van der Waals surface area (Å²) in [5, 5.41) is 0. The van der Waals surface area contributed by atoms with Crippen LogP contribution < -0.4 is 10.5 Å². The molecule has 0 aromatic heterocycles. The lowest BCUT2D eigenvalue weighted by Crippen LogP contribution is -2.17. The van der Waals surface area contributed by atoms with Gasteiger partial charge in [-0.25, -0.2) is 4.39 Å². The summed E-state index contributed by atoms with van der Waals surface area (Å²) < 4.78 is 20.3. The smallest absolute Gasteiger partial charge is 0.129 e. The summed E-state index contributed by atoms with van der Waals surface area (Å²) in [6.07, 6.45) is 3.22. The van der Waals surface area contributed by atoms with Gasteiger partial charge >= 0.3 is 0 Å². The van der Waals surface area contributed by atoms with Crippen LogP contribution in [0.15, 0.2) is 40.9 Å². The minimum absolute atomic E-state index is 0.0832. The molecule has 0 aliphatic heterocycles. The van der Waals surface area contributed by atoms with Gasteiger partial charge in [0.1, 0.15) is 18.2 Å². The number of halogens is 2. The van der Waals surface area contributed by atoms with Gasteiger partial charge in [0.15, 0.2) is 0 Å². The van der Waals surface area contributed by atoms with E-state index in [1.54, 1.807) is 12.1 Å². The fourth-order valence-corrected chi connectivity index (χ4v) is 3.13. The highest BCUT2D eigenvalue weighted by Gasteiger charge is 2.17. The predicted molar refractivity (Wildman–Crippen MR) is 84.7 cm³/mol. The zero-order valence-electron chi connectivity index (χ0n) is 11.6. The molecular formula is C17H17BrFNO. The summed E-state index contributed by atoms with van der Waals surface area (Å²) in [7, 11) is 0. The lowest BCUT2D eigenvalue weighted by molar-refractivity contribution is 0.299. The van der Waals surface area contributed by atoms with Gasteiger partial charge < -0.3 is 10.5 Å². The van der Waals surface area contributed by atoms with Crippen molar-refractivity contribution >= 4 is 15.9 Å². The maximum Gasteiger partial charge on any atom is 0.129 e. The number of benzene rings is 2. The van der Waals surface area contributed by atoms with Gasteiger partial charge in [0.05, 0.1) is 0 Å². The fraction of sp³-hybridized carbons (Fsp3) is 0.294.